The fourth-order valence-corrected chi connectivity index (χ4v) is 1.91. The minimum Gasteiger partial charge on any atom is -0.337 e. The zero-order valence-electron chi connectivity index (χ0n) is 11.4. The Bertz CT molecular complexity index is 700. The van der Waals surface area contributed by atoms with Crippen LogP contribution in [0, 0.1) is 10.1 Å². The molecule has 0 saturated carbocycles. The molecule has 0 aliphatic heterocycles. The van der Waals surface area contributed by atoms with E-state index in [2.05, 4.69) is 9.97 Å². The number of rotatable bonds is 4. The smallest absolute Gasteiger partial charge is 0.288 e. The minimum atomic E-state index is -0.626. The first-order valence-corrected chi connectivity index (χ1v) is 6.29. The van der Waals surface area contributed by atoms with Gasteiger partial charge in [0.15, 0.2) is 0 Å². The van der Waals surface area contributed by atoms with Crippen LogP contribution in [0.15, 0.2) is 24.7 Å². The molecule has 0 spiro atoms. The molecule has 0 aliphatic carbocycles. The van der Waals surface area contributed by atoms with Crippen molar-refractivity contribution in [2.45, 2.75) is 6.54 Å². The molecule has 0 unspecified atom stereocenters. The predicted octanol–water partition coefficient (Wildman–Crippen LogP) is 1.65. The summed E-state index contributed by atoms with van der Waals surface area (Å²) in [7, 11) is 3.37. The van der Waals surface area contributed by atoms with E-state index in [0.29, 0.717) is 5.82 Å². The molecular formula is C12H12ClN5O3. The third-order valence-corrected chi connectivity index (χ3v) is 3.21. The topological polar surface area (TPSA) is 94.2 Å². The van der Waals surface area contributed by atoms with E-state index in [1.165, 1.54) is 4.90 Å². The van der Waals surface area contributed by atoms with Gasteiger partial charge in [0.25, 0.3) is 11.6 Å². The molecule has 1 amide bonds. The maximum absolute atomic E-state index is 12.3. The molecule has 0 aromatic carbocycles. The van der Waals surface area contributed by atoms with Gasteiger partial charge in [-0.15, -0.1) is 0 Å². The van der Waals surface area contributed by atoms with Crippen LogP contribution in [0.4, 0.5) is 5.69 Å². The normalized spacial score (nSPS) is 10.4. The number of hydrogen-bond acceptors (Lipinski definition) is 5. The van der Waals surface area contributed by atoms with Crippen LogP contribution in [-0.2, 0) is 13.6 Å². The van der Waals surface area contributed by atoms with Crippen molar-refractivity contribution in [1.29, 1.82) is 0 Å². The molecule has 0 fully saturated rings. The highest BCUT2D eigenvalue weighted by Gasteiger charge is 2.21. The van der Waals surface area contributed by atoms with Gasteiger partial charge in [-0.1, -0.05) is 11.6 Å². The number of nitrogens with zero attached hydrogens (tertiary/aromatic N) is 5. The highest BCUT2D eigenvalue weighted by molar-refractivity contribution is 6.32. The van der Waals surface area contributed by atoms with Gasteiger partial charge in [0.05, 0.1) is 17.0 Å². The molecule has 2 aromatic rings. The number of pyridine rings is 1. The third kappa shape index (κ3) is 3.16. The summed E-state index contributed by atoms with van der Waals surface area (Å²) in [5.41, 5.74) is -0.296. The molecule has 9 heteroatoms. The first kappa shape index (κ1) is 14.9. The van der Waals surface area contributed by atoms with Crippen molar-refractivity contribution < 1.29 is 9.72 Å². The average molecular weight is 310 g/mol. The maximum Gasteiger partial charge on any atom is 0.288 e. The van der Waals surface area contributed by atoms with Crippen LogP contribution in [-0.4, -0.2) is 37.3 Å². The molecule has 0 atom stereocenters. The molecular weight excluding hydrogens is 298 g/mol. The van der Waals surface area contributed by atoms with Crippen molar-refractivity contribution in [3.05, 3.63) is 51.3 Å². The van der Waals surface area contributed by atoms with Gasteiger partial charge in [-0.2, -0.15) is 0 Å². The molecule has 0 bridgehead atoms. The van der Waals surface area contributed by atoms with Crippen molar-refractivity contribution in [3.63, 3.8) is 0 Å². The van der Waals surface area contributed by atoms with Crippen molar-refractivity contribution in [1.82, 2.24) is 19.4 Å². The first-order valence-electron chi connectivity index (χ1n) is 5.91. The second-order valence-electron chi connectivity index (χ2n) is 4.40. The SMILES string of the molecule is CN(Cc1nccn1C)C(=O)c1cc([N+](=O)[O-])cnc1Cl. The van der Waals surface area contributed by atoms with Crippen molar-refractivity contribution in [3.8, 4) is 0 Å². The van der Waals surface area contributed by atoms with Gasteiger partial charge in [-0.3, -0.25) is 14.9 Å². The van der Waals surface area contributed by atoms with Crippen LogP contribution in [0.5, 0.6) is 0 Å². The van der Waals surface area contributed by atoms with Gasteiger partial charge in [0, 0.05) is 32.6 Å². The number of hydrogen-bond donors (Lipinski definition) is 0. The molecule has 21 heavy (non-hydrogen) atoms. The number of aromatic nitrogens is 3. The number of carbonyl (C=O) groups excluding carboxylic acids is 1. The summed E-state index contributed by atoms with van der Waals surface area (Å²) in [5, 5.41) is 10.7. The summed E-state index contributed by atoms with van der Waals surface area (Å²) in [4.78, 5) is 31.6. The van der Waals surface area contributed by atoms with Crippen LogP contribution < -0.4 is 0 Å². The Hall–Kier alpha value is -2.48. The van der Waals surface area contributed by atoms with Gasteiger partial charge in [0.1, 0.15) is 17.2 Å². The van der Waals surface area contributed by atoms with E-state index in [1.807, 2.05) is 7.05 Å². The van der Waals surface area contributed by atoms with Gasteiger partial charge < -0.3 is 9.47 Å². The molecule has 2 rings (SSSR count). The van der Waals surface area contributed by atoms with Crippen LogP contribution in [0.1, 0.15) is 16.2 Å². The summed E-state index contributed by atoms with van der Waals surface area (Å²) in [6.07, 6.45) is 4.39. The summed E-state index contributed by atoms with van der Waals surface area (Å²) >= 11 is 5.85. The first-order chi connectivity index (χ1) is 9.90. The lowest BCUT2D eigenvalue weighted by atomic mass is 10.2. The Kier molecular flexibility index (Phi) is 4.18. The van der Waals surface area contributed by atoms with E-state index < -0.39 is 10.8 Å². The Morgan fingerprint density at radius 2 is 2.24 bits per heavy atom. The van der Waals surface area contributed by atoms with Gasteiger partial charge >= 0.3 is 0 Å². The van der Waals surface area contributed by atoms with Crippen molar-refractivity contribution in [2.75, 3.05) is 7.05 Å². The number of halogens is 1. The second-order valence-corrected chi connectivity index (χ2v) is 4.76. The lowest BCUT2D eigenvalue weighted by molar-refractivity contribution is -0.385. The molecule has 0 N–H and O–H groups in total. The van der Waals surface area contributed by atoms with Gasteiger partial charge in [-0.05, 0) is 0 Å². The highest BCUT2D eigenvalue weighted by atomic mass is 35.5. The van der Waals surface area contributed by atoms with Gasteiger partial charge in [-0.25, -0.2) is 9.97 Å². The Morgan fingerprint density at radius 3 is 2.81 bits per heavy atom. The largest absolute Gasteiger partial charge is 0.337 e. The average Bonchev–Trinajstić information content (AvgIpc) is 2.83. The van der Waals surface area contributed by atoms with Crippen LogP contribution in [0.2, 0.25) is 5.15 Å². The highest BCUT2D eigenvalue weighted by Crippen LogP contribution is 2.20. The van der Waals surface area contributed by atoms with Crippen LogP contribution in [0.3, 0.4) is 0 Å². The molecule has 0 radical (unpaired) electrons. The Balaban J connectivity index is 2.25. The quantitative estimate of drug-likeness (QED) is 0.486. The van der Waals surface area contributed by atoms with E-state index in [4.69, 9.17) is 11.6 Å². The number of amides is 1. The summed E-state index contributed by atoms with van der Waals surface area (Å²) in [6.45, 7) is 0.251. The molecule has 0 saturated heterocycles. The lowest BCUT2D eigenvalue weighted by Gasteiger charge is -2.17. The number of nitro groups is 1. The minimum absolute atomic E-state index is 0.0115. The van der Waals surface area contributed by atoms with Crippen LogP contribution >= 0.6 is 11.6 Å². The zero-order valence-corrected chi connectivity index (χ0v) is 12.1. The second kappa shape index (κ2) is 5.88. The molecule has 0 aliphatic rings. The standard InChI is InChI=1S/C12H12ClN5O3/c1-16-4-3-14-10(16)7-17(2)12(19)9-5-8(18(20)21)6-15-11(9)13/h3-6H,7H2,1-2H3. The Morgan fingerprint density at radius 1 is 1.52 bits per heavy atom. The Labute approximate surface area is 125 Å². The van der Waals surface area contributed by atoms with Crippen molar-refractivity contribution >= 4 is 23.2 Å². The monoisotopic (exact) mass is 309 g/mol. The van der Waals surface area contributed by atoms with E-state index in [0.717, 1.165) is 12.3 Å². The molecule has 8 nitrogen and oxygen atoms in total. The van der Waals surface area contributed by atoms with Crippen LogP contribution in [0.25, 0.3) is 0 Å². The maximum atomic E-state index is 12.3. The summed E-state index contributed by atoms with van der Waals surface area (Å²) in [5.74, 6) is 0.222. The third-order valence-electron chi connectivity index (χ3n) is 2.91. The molecule has 2 heterocycles. The molecule has 110 valence electrons. The number of carbonyl (C=O) groups is 1. The fraction of sp³-hybridized carbons (Fsp3) is 0.250. The predicted molar refractivity (Wildman–Crippen MR) is 74.9 cm³/mol. The summed E-state index contributed by atoms with van der Waals surface area (Å²) < 4.78 is 1.77. The van der Waals surface area contributed by atoms with Gasteiger partial charge in [0.2, 0.25) is 0 Å². The number of imidazole rings is 1. The zero-order chi connectivity index (χ0) is 15.6. The summed E-state index contributed by atoms with van der Waals surface area (Å²) in [6, 6.07) is 1.12. The van der Waals surface area contributed by atoms with E-state index in [1.54, 1.807) is 24.0 Å². The van der Waals surface area contributed by atoms with E-state index in [9.17, 15) is 14.9 Å². The van der Waals surface area contributed by atoms with E-state index >= 15 is 0 Å². The molecule has 2 aromatic heterocycles. The number of aryl methyl sites for hydroxylation is 1. The van der Waals surface area contributed by atoms with Crippen molar-refractivity contribution in [2.24, 2.45) is 7.05 Å². The fourth-order valence-electron chi connectivity index (χ4n) is 1.73. The van der Waals surface area contributed by atoms with E-state index in [-0.39, 0.29) is 22.9 Å². The lowest BCUT2D eigenvalue weighted by Crippen LogP contribution is -2.28.